The molecular weight excluding hydrogens is 382 g/mol. The highest BCUT2D eigenvalue weighted by Gasteiger charge is 2.42. The van der Waals surface area contributed by atoms with E-state index in [-0.39, 0.29) is 37.5 Å². The van der Waals surface area contributed by atoms with E-state index in [1.54, 1.807) is 0 Å². The van der Waals surface area contributed by atoms with Crippen molar-refractivity contribution in [2.45, 2.75) is 39.3 Å². The molecular formula is C24H27NO5. The topological polar surface area (TPSA) is 72.9 Å². The van der Waals surface area contributed by atoms with Gasteiger partial charge >= 0.3 is 12.1 Å². The summed E-state index contributed by atoms with van der Waals surface area (Å²) in [6.45, 7) is 4.03. The van der Waals surface area contributed by atoms with Crippen molar-refractivity contribution >= 4 is 18.0 Å². The maximum atomic E-state index is 13.2. The first-order chi connectivity index (χ1) is 14.5. The third kappa shape index (κ3) is 5.47. The number of nitrogens with zero attached hydrogens (tertiary/aromatic N) is 1. The fourth-order valence-electron chi connectivity index (χ4n) is 3.53. The zero-order chi connectivity index (χ0) is 21.5. The summed E-state index contributed by atoms with van der Waals surface area (Å²) in [5.74, 6) is -1.63. The zero-order valence-electron chi connectivity index (χ0n) is 17.3. The minimum absolute atomic E-state index is 0.0782. The molecule has 2 amide bonds. The second kappa shape index (κ2) is 10.1. The Morgan fingerprint density at radius 3 is 2.23 bits per heavy atom. The molecule has 0 aliphatic carbocycles. The molecule has 2 aromatic rings. The number of cyclic esters (lactones) is 1. The Bertz CT molecular complexity index is 866. The average molecular weight is 409 g/mol. The molecule has 2 atom stereocenters. The number of esters is 1. The van der Waals surface area contributed by atoms with Crippen LogP contribution in [0.3, 0.4) is 0 Å². The van der Waals surface area contributed by atoms with Gasteiger partial charge in [0.25, 0.3) is 0 Å². The molecule has 3 rings (SSSR count). The first-order valence-corrected chi connectivity index (χ1v) is 10.2. The number of carbonyl (C=O) groups is 3. The second-order valence-corrected chi connectivity index (χ2v) is 7.83. The maximum absolute atomic E-state index is 13.2. The summed E-state index contributed by atoms with van der Waals surface area (Å²) in [4.78, 5) is 39.1. The molecule has 1 fully saturated rings. The number of carbonyl (C=O) groups excluding carboxylic acids is 3. The van der Waals surface area contributed by atoms with Crippen LogP contribution in [0, 0.1) is 11.8 Å². The molecule has 6 heteroatoms. The Balaban J connectivity index is 1.65. The van der Waals surface area contributed by atoms with Crippen molar-refractivity contribution < 1.29 is 23.9 Å². The molecule has 1 saturated heterocycles. The standard InChI is InChI=1S/C24H27NO5/c1-17(2)21(14-22(26)29-15-19-11-7-4-8-12-19)23(27)25-20(16-30-24(25)28)13-18-9-5-3-6-10-18/h3-12,17,20-21H,13-16H2,1-2H3. The summed E-state index contributed by atoms with van der Waals surface area (Å²) < 4.78 is 10.5. The molecule has 0 aromatic heterocycles. The Labute approximate surface area is 176 Å². The number of hydrogen-bond acceptors (Lipinski definition) is 5. The normalized spacial score (nSPS) is 17.0. The Morgan fingerprint density at radius 2 is 1.63 bits per heavy atom. The fourth-order valence-corrected chi connectivity index (χ4v) is 3.53. The lowest BCUT2D eigenvalue weighted by Crippen LogP contribution is -2.45. The van der Waals surface area contributed by atoms with Crippen molar-refractivity contribution in [1.82, 2.24) is 4.90 Å². The minimum Gasteiger partial charge on any atom is -0.461 e. The monoisotopic (exact) mass is 409 g/mol. The lowest BCUT2D eigenvalue weighted by atomic mass is 9.90. The number of hydrogen-bond donors (Lipinski definition) is 0. The molecule has 6 nitrogen and oxygen atoms in total. The molecule has 0 saturated carbocycles. The minimum atomic E-state index is -0.655. The predicted molar refractivity (Wildman–Crippen MR) is 111 cm³/mol. The van der Waals surface area contributed by atoms with E-state index in [1.807, 2.05) is 74.5 Å². The highest BCUT2D eigenvalue weighted by Crippen LogP contribution is 2.25. The van der Waals surface area contributed by atoms with Crippen molar-refractivity contribution in [3.05, 3.63) is 71.8 Å². The summed E-state index contributed by atoms with van der Waals surface area (Å²) in [7, 11) is 0. The number of benzene rings is 2. The smallest absolute Gasteiger partial charge is 0.416 e. The van der Waals surface area contributed by atoms with Gasteiger partial charge in [-0.15, -0.1) is 0 Å². The first-order valence-electron chi connectivity index (χ1n) is 10.2. The Hall–Kier alpha value is -3.15. The average Bonchev–Trinajstić information content (AvgIpc) is 3.11. The Morgan fingerprint density at radius 1 is 1.03 bits per heavy atom. The van der Waals surface area contributed by atoms with Gasteiger partial charge in [0.15, 0.2) is 0 Å². The van der Waals surface area contributed by atoms with Crippen molar-refractivity contribution in [2.24, 2.45) is 11.8 Å². The quantitative estimate of drug-likeness (QED) is 0.617. The van der Waals surface area contributed by atoms with Crippen molar-refractivity contribution in [3.63, 3.8) is 0 Å². The number of ether oxygens (including phenoxy) is 2. The summed E-state index contributed by atoms with van der Waals surface area (Å²) in [5.41, 5.74) is 1.89. The van der Waals surface area contributed by atoms with Gasteiger partial charge < -0.3 is 9.47 Å². The third-order valence-electron chi connectivity index (χ3n) is 5.26. The van der Waals surface area contributed by atoms with Crippen molar-refractivity contribution in [2.75, 3.05) is 6.61 Å². The van der Waals surface area contributed by atoms with E-state index in [4.69, 9.17) is 9.47 Å². The van der Waals surface area contributed by atoms with Gasteiger partial charge in [-0.05, 0) is 23.5 Å². The maximum Gasteiger partial charge on any atom is 0.416 e. The van der Waals surface area contributed by atoms with E-state index in [9.17, 15) is 14.4 Å². The molecule has 2 aromatic carbocycles. The second-order valence-electron chi connectivity index (χ2n) is 7.83. The van der Waals surface area contributed by atoms with E-state index >= 15 is 0 Å². The lowest BCUT2D eigenvalue weighted by Gasteiger charge is -2.26. The number of imide groups is 1. The molecule has 1 aliphatic rings. The molecule has 158 valence electrons. The van der Waals surface area contributed by atoms with Crippen LogP contribution in [-0.4, -0.2) is 35.5 Å². The van der Waals surface area contributed by atoms with E-state index in [2.05, 4.69) is 0 Å². The number of amides is 2. The van der Waals surface area contributed by atoms with E-state index < -0.39 is 18.0 Å². The summed E-state index contributed by atoms with van der Waals surface area (Å²) in [6, 6.07) is 18.6. The van der Waals surface area contributed by atoms with Crippen molar-refractivity contribution in [3.8, 4) is 0 Å². The van der Waals surface area contributed by atoms with Crippen LogP contribution in [0.1, 0.15) is 31.4 Å². The van der Waals surface area contributed by atoms with Gasteiger partial charge in [-0.3, -0.25) is 9.59 Å². The van der Waals surface area contributed by atoms with Crippen LogP contribution in [0.2, 0.25) is 0 Å². The van der Waals surface area contributed by atoms with Gasteiger partial charge in [0.2, 0.25) is 5.91 Å². The van der Waals surface area contributed by atoms with Gasteiger partial charge in [0, 0.05) is 0 Å². The van der Waals surface area contributed by atoms with Crippen molar-refractivity contribution in [1.29, 1.82) is 0 Å². The Kier molecular flexibility index (Phi) is 7.22. The van der Waals surface area contributed by atoms with Crippen LogP contribution in [0.4, 0.5) is 4.79 Å². The summed E-state index contributed by atoms with van der Waals surface area (Å²) >= 11 is 0. The van der Waals surface area contributed by atoms with E-state index in [0.717, 1.165) is 11.1 Å². The largest absolute Gasteiger partial charge is 0.461 e. The van der Waals surface area contributed by atoms with Crippen LogP contribution >= 0.6 is 0 Å². The zero-order valence-corrected chi connectivity index (χ0v) is 17.3. The lowest BCUT2D eigenvalue weighted by molar-refractivity contribution is -0.150. The molecule has 0 bridgehead atoms. The van der Waals surface area contributed by atoms with Crippen LogP contribution in [0.15, 0.2) is 60.7 Å². The van der Waals surface area contributed by atoms with Gasteiger partial charge in [-0.2, -0.15) is 0 Å². The molecule has 0 spiro atoms. The molecule has 30 heavy (non-hydrogen) atoms. The third-order valence-corrected chi connectivity index (χ3v) is 5.26. The summed E-state index contributed by atoms with van der Waals surface area (Å²) in [6.07, 6.45) is -0.212. The van der Waals surface area contributed by atoms with Gasteiger partial charge in [-0.25, -0.2) is 9.69 Å². The molecule has 1 aliphatic heterocycles. The number of rotatable bonds is 8. The van der Waals surface area contributed by atoms with Gasteiger partial charge in [0.05, 0.1) is 18.4 Å². The highest BCUT2D eigenvalue weighted by atomic mass is 16.6. The summed E-state index contributed by atoms with van der Waals surface area (Å²) in [5, 5.41) is 0. The van der Waals surface area contributed by atoms with Gasteiger partial charge in [-0.1, -0.05) is 74.5 Å². The van der Waals surface area contributed by atoms with E-state index in [0.29, 0.717) is 6.42 Å². The molecule has 2 unspecified atom stereocenters. The van der Waals surface area contributed by atoms with Crippen LogP contribution in [0.25, 0.3) is 0 Å². The highest BCUT2D eigenvalue weighted by molar-refractivity contribution is 5.96. The van der Waals surface area contributed by atoms with Crippen LogP contribution < -0.4 is 0 Å². The SMILES string of the molecule is CC(C)C(CC(=O)OCc1ccccc1)C(=O)N1C(=O)OCC1Cc1ccccc1. The first kappa shape index (κ1) is 21.6. The predicted octanol–water partition coefficient (Wildman–Crippen LogP) is 3.98. The van der Waals surface area contributed by atoms with Crippen LogP contribution in [0.5, 0.6) is 0 Å². The molecule has 0 N–H and O–H groups in total. The molecule has 1 heterocycles. The van der Waals surface area contributed by atoms with E-state index in [1.165, 1.54) is 4.90 Å². The van der Waals surface area contributed by atoms with Crippen LogP contribution in [-0.2, 0) is 32.1 Å². The fraction of sp³-hybridized carbons (Fsp3) is 0.375. The van der Waals surface area contributed by atoms with Gasteiger partial charge in [0.1, 0.15) is 13.2 Å². The molecule has 0 radical (unpaired) electrons.